The molecule has 0 spiro atoms. The van der Waals surface area contributed by atoms with Crippen molar-refractivity contribution in [1.29, 1.82) is 0 Å². The van der Waals surface area contributed by atoms with Gasteiger partial charge in [-0.15, -0.1) is 0 Å². The van der Waals surface area contributed by atoms with Crippen LogP contribution in [0, 0.1) is 12.3 Å². The fourth-order valence-electron chi connectivity index (χ4n) is 2.50. The first-order chi connectivity index (χ1) is 8.50. The van der Waals surface area contributed by atoms with Crippen LogP contribution in [0.25, 0.3) is 0 Å². The van der Waals surface area contributed by atoms with Gasteiger partial charge in [0.1, 0.15) is 5.56 Å². The number of aryl methyl sites for hydroxylation is 1. The molecular weight excluding hydrogens is 240 g/mol. The molecule has 19 heavy (non-hydrogen) atoms. The van der Waals surface area contributed by atoms with Crippen LogP contribution >= 0.6 is 0 Å². The number of carbonyl (C=O) groups excluding carboxylic acids is 1. The Balaban J connectivity index is 2.88. The zero-order valence-corrected chi connectivity index (χ0v) is 12.7. The fourth-order valence-corrected chi connectivity index (χ4v) is 2.50. The van der Waals surface area contributed by atoms with Gasteiger partial charge in [-0.25, -0.2) is 0 Å². The number of carbonyl (C=O) groups is 1. The monoisotopic (exact) mass is 264 g/mol. The molecule has 0 aliphatic rings. The van der Waals surface area contributed by atoms with Gasteiger partial charge in [-0.1, -0.05) is 20.8 Å². The van der Waals surface area contributed by atoms with Crippen LogP contribution in [0.3, 0.4) is 0 Å². The third-order valence-electron chi connectivity index (χ3n) is 2.73. The van der Waals surface area contributed by atoms with Crippen molar-refractivity contribution < 1.29 is 4.79 Å². The molecule has 1 rings (SSSR count). The van der Waals surface area contributed by atoms with Gasteiger partial charge in [0.25, 0.3) is 5.91 Å². The fraction of sp³-hybridized carbons (Fsp3) is 0.600. The number of pyridine rings is 1. The zero-order valence-electron chi connectivity index (χ0n) is 12.7. The molecule has 0 fully saturated rings. The second-order valence-corrected chi connectivity index (χ2v) is 6.97. The van der Waals surface area contributed by atoms with Crippen molar-refractivity contribution in [3.63, 3.8) is 0 Å². The number of hydrogen-bond acceptors (Lipinski definition) is 2. The van der Waals surface area contributed by atoms with E-state index in [-0.39, 0.29) is 27.9 Å². The average molecular weight is 264 g/mol. The highest BCUT2D eigenvalue weighted by Gasteiger charge is 2.27. The van der Waals surface area contributed by atoms with E-state index in [1.165, 1.54) is 12.3 Å². The van der Waals surface area contributed by atoms with Crippen LogP contribution in [0.15, 0.2) is 17.1 Å². The van der Waals surface area contributed by atoms with Gasteiger partial charge in [-0.3, -0.25) is 9.59 Å². The van der Waals surface area contributed by atoms with E-state index in [9.17, 15) is 9.59 Å². The quantitative estimate of drug-likeness (QED) is 0.881. The minimum Gasteiger partial charge on any atom is -0.364 e. The maximum absolute atomic E-state index is 12.1. The molecule has 0 atom stereocenters. The summed E-state index contributed by atoms with van der Waals surface area (Å²) in [6, 6.07) is 1.44. The van der Waals surface area contributed by atoms with Gasteiger partial charge in [-0.05, 0) is 32.6 Å². The number of nitrogens with one attached hydrogen (secondary N) is 2. The molecule has 4 nitrogen and oxygen atoms in total. The van der Waals surface area contributed by atoms with E-state index in [2.05, 4.69) is 31.1 Å². The van der Waals surface area contributed by atoms with Gasteiger partial charge in [0.05, 0.1) is 0 Å². The standard InChI is InChI=1S/C15H24N2O2/c1-10-7-12(18)11(8-16-10)13(19)17-15(5,6)9-14(2,3)4/h7-8H,9H2,1-6H3,(H,16,18)(H,17,19). The van der Waals surface area contributed by atoms with Crippen LogP contribution in [-0.4, -0.2) is 16.4 Å². The molecule has 1 aromatic heterocycles. The minimum absolute atomic E-state index is 0.108. The van der Waals surface area contributed by atoms with Crippen LogP contribution in [0.5, 0.6) is 0 Å². The number of aromatic nitrogens is 1. The van der Waals surface area contributed by atoms with Crippen molar-refractivity contribution in [2.24, 2.45) is 5.41 Å². The van der Waals surface area contributed by atoms with Crippen molar-refractivity contribution in [3.05, 3.63) is 33.7 Å². The van der Waals surface area contributed by atoms with Gasteiger partial charge in [0.2, 0.25) is 0 Å². The Morgan fingerprint density at radius 2 is 1.84 bits per heavy atom. The molecule has 0 aromatic carbocycles. The lowest BCUT2D eigenvalue weighted by Crippen LogP contribution is -2.46. The Morgan fingerprint density at radius 3 is 2.32 bits per heavy atom. The molecule has 1 heterocycles. The lowest BCUT2D eigenvalue weighted by Gasteiger charge is -2.33. The Kier molecular flexibility index (Phi) is 4.23. The first-order valence-electron chi connectivity index (χ1n) is 6.52. The molecule has 1 aromatic rings. The third kappa shape index (κ3) is 4.89. The highest BCUT2D eigenvalue weighted by Crippen LogP contribution is 2.26. The largest absolute Gasteiger partial charge is 0.364 e. The summed E-state index contributed by atoms with van der Waals surface area (Å²) in [7, 11) is 0. The molecular formula is C15H24N2O2. The molecule has 0 aliphatic carbocycles. The van der Waals surface area contributed by atoms with Crippen LogP contribution in [0.2, 0.25) is 0 Å². The lowest BCUT2D eigenvalue weighted by molar-refractivity contribution is 0.0890. The summed E-state index contributed by atoms with van der Waals surface area (Å²) in [4.78, 5) is 26.8. The van der Waals surface area contributed by atoms with Crippen LogP contribution in [-0.2, 0) is 0 Å². The molecule has 0 unspecified atom stereocenters. The van der Waals surface area contributed by atoms with E-state index in [1.54, 1.807) is 6.92 Å². The summed E-state index contributed by atoms with van der Waals surface area (Å²) in [5, 5.41) is 2.93. The summed E-state index contributed by atoms with van der Waals surface area (Å²) in [5.41, 5.74) is 0.409. The van der Waals surface area contributed by atoms with E-state index in [1.807, 2.05) is 13.8 Å². The lowest BCUT2D eigenvalue weighted by atomic mass is 9.81. The number of aromatic amines is 1. The van der Waals surface area contributed by atoms with Gasteiger partial charge in [-0.2, -0.15) is 0 Å². The molecule has 0 saturated carbocycles. The topological polar surface area (TPSA) is 62.0 Å². The van der Waals surface area contributed by atoms with E-state index in [0.717, 1.165) is 12.1 Å². The van der Waals surface area contributed by atoms with E-state index in [0.29, 0.717) is 0 Å². The molecule has 4 heteroatoms. The SMILES string of the molecule is Cc1cc(=O)c(C(=O)NC(C)(C)CC(C)(C)C)c[nH]1. The Labute approximate surface area is 114 Å². The normalized spacial score (nSPS) is 12.3. The van der Waals surface area contributed by atoms with Crippen LogP contribution in [0.4, 0.5) is 0 Å². The molecule has 1 amide bonds. The molecule has 106 valence electrons. The second-order valence-electron chi connectivity index (χ2n) is 6.97. The summed E-state index contributed by atoms with van der Waals surface area (Å²) in [5.74, 6) is -0.324. The number of amides is 1. The molecule has 0 aliphatic heterocycles. The van der Waals surface area contributed by atoms with Crippen molar-refractivity contribution in [3.8, 4) is 0 Å². The highest BCUT2D eigenvalue weighted by molar-refractivity contribution is 5.94. The first kappa shape index (κ1) is 15.5. The van der Waals surface area contributed by atoms with Crippen LogP contribution in [0.1, 0.15) is 57.1 Å². The van der Waals surface area contributed by atoms with Crippen molar-refractivity contribution >= 4 is 5.91 Å². The zero-order chi connectivity index (χ0) is 14.8. The smallest absolute Gasteiger partial charge is 0.257 e. The Hall–Kier alpha value is -1.58. The molecule has 0 saturated heterocycles. The summed E-state index contributed by atoms with van der Waals surface area (Å²) < 4.78 is 0. The maximum atomic E-state index is 12.1. The van der Waals surface area contributed by atoms with Crippen molar-refractivity contribution in [1.82, 2.24) is 10.3 Å². The summed E-state index contributed by atoms with van der Waals surface area (Å²) in [6.07, 6.45) is 2.30. The van der Waals surface area contributed by atoms with Crippen molar-refractivity contribution in [2.75, 3.05) is 0 Å². The van der Waals surface area contributed by atoms with E-state index < -0.39 is 0 Å². The van der Waals surface area contributed by atoms with Gasteiger partial charge >= 0.3 is 0 Å². The average Bonchev–Trinajstić information content (AvgIpc) is 2.11. The molecule has 2 N–H and O–H groups in total. The van der Waals surface area contributed by atoms with Gasteiger partial charge < -0.3 is 10.3 Å². The number of H-pyrrole nitrogens is 1. The number of rotatable bonds is 3. The maximum Gasteiger partial charge on any atom is 0.257 e. The second kappa shape index (κ2) is 5.19. The van der Waals surface area contributed by atoms with Gasteiger partial charge in [0.15, 0.2) is 5.43 Å². The van der Waals surface area contributed by atoms with Gasteiger partial charge in [0, 0.05) is 23.5 Å². The minimum atomic E-state index is -0.355. The molecule has 0 radical (unpaired) electrons. The Bertz CT molecular complexity index is 522. The summed E-state index contributed by atoms with van der Waals surface area (Å²) >= 11 is 0. The first-order valence-corrected chi connectivity index (χ1v) is 6.52. The highest BCUT2D eigenvalue weighted by atomic mass is 16.2. The Morgan fingerprint density at radius 1 is 1.26 bits per heavy atom. The third-order valence-corrected chi connectivity index (χ3v) is 2.73. The van der Waals surface area contributed by atoms with E-state index in [4.69, 9.17) is 0 Å². The predicted molar refractivity (Wildman–Crippen MR) is 77.4 cm³/mol. The predicted octanol–water partition coefficient (Wildman–Crippen LogP) is 2.63. The summed E-state index contributed by atoms with van der Waals surface area (Å²) in [6.45, 7) is 12.1. The molecule has 0 bridgehead atoms. The number of hydrogen-bond donors (Lipinski definition) is 2. The van der Waals surface area contributed by atoms with Crippen LogP contribution < -0.4 is 10.7 Å². The van der Waals surface area contributed by atoms with Crippen molar-refractivity contribution in [2.45, 2.75) is 53.5 Å². The van der Waals surface area contributed by atoms with E-state index >= 15 is 0 Å².